The maximum Gasteiger partial charge on any atom is 0.262 e. The van der Waals surface area contributed by atoms with Gasteiger partial charge in [0.25, 0.3) is 5.91 Å². The number of halogens is 2. The number of anilines is 1. The van der Waals surface area contributed by atoms with Crippen molar-refractivity contribution >= 4 is 52.0 Å². The highest BCUT2D eigenvalue weighted by Gasteiger charge is 2.18. The molecule has 1 N–H and O–H groups in total. The topological polar surface area (TPSA) is 50.8 Å². The molecule has 3 rings (SSSR count). The number of methoxy groups -OCH3 is 1. The lowest BCUT2D eigenvalue weighted by molar-refractivity contribution is -0.118. The van der Waals surface area contributed by atoms with Gasteiger partial charge in [-0.15, -0.1) is 0 Å². The number of amides is 1. The van der Waals surface area contributed by atoms with Gasteiger partial charge in [0.1, 0.15) is 4.99 Å². The Labute approximate surface area is 179 Å². The number of likely N-dealkylation sites (tertiary alicyclic amines) is 1. The molecule has 0 spiro atoms. The van der Waals surface area contributed by atoms with Crippen LogP contribution >= 0.6 is 35.4 Å². The first-order valence-corrected chi connectivity index (χ1v) is 9.99. The van der Waals surface area contributed by atoms with Crippen molar-refractivity contribution in [2.45, 2.75) is 12.8 Å². The summed E-state index contributed by atoms with van der Waals surface area (Å²) in [6, 6.07) is 10.3. The van der Waals surface area contributed by atoms with Gasteiger partial charge in [-0.05, 0) is 49.2 Å². The van der Waals surface area contributed by atoms with Crippen molar-refractivity contribution in [2.24, 2.45) is 0 Å². The first-order valence-electron chi connectivity index (χ1n) is 8.82. The van der Waals surface area contributed by atoms with Crippen LogP contribution < -0.4 is 14.8 Å². The fourth-order valence-corrected chi connectivity index (χ4v) is 3.82. The zero-order valence-corrected chi connectivity index (χ0v) is 17.7. The van der Waals surface area contributed by atoms with Crippen LogP contribution in [0.3, 0.4) is 0 Å². The largest absolute Gasteiger partial charge is 0.493 e. The third-order valence-electron chi connectivity index (χ3n) is 4.31. The summed E-state index contributed by atoms with van der Waals surface area (Å²) in [5, 5.41) is 3.58. The molecule has 0 radical (unpaired) electrons. The van der Waals surface area contributed by atoms with Crippen molar-refractivity contribution in [3.05, 3.63) is 52.0 Å². The van der Waals surface area contributed by atoms with Gasteiger partial charge in [-0.25, -0.2) is 0 Å². The Morgan fingerprint density at radius 2 is 1.79 bits per heavy atom. The molecule has 2 aromatic carbocycles. The van der Waals surface area contributed by atoms with Crippen LogP contribution in [0.25, 0.3) is 0 Å². The summed E-state index contributed by atoms with van der Waals surface area (Å²) in [6.07, 6.45) is 2.32. The number of rotatable bonds is 6. The lowest BCUT2D eigenvalue weighted by Gasteiger charge is -2.19. The predicted molar refractivity (Wildman–Crippen MR) is 116 cm³/mol. The second-order valence-electron chi connectivity index (χ2n) is 6.36. The summed E-state index contributed by atoms with van der Waals surface area (Å²) in [6.45, 7) is 1.77. The zero-order chi connectivity index (χ0) is 20.1. The Hall–Kier alpha value is -2.02. The SMILES string of the molecule is COc1cc(C(=S)N2CCCC2)ccc1OCC(=O)Nc1cc(Cl)cc(Cl)c1. The molecule has 0 aromatic heterocycles. The van der Waals surface area contributed by atoms with Gasteiger partial charge in [0.15, 0.2) is 18.1 Å². The smallest absolute Gasteiger partial charge is 0.262 e. The minimum Gasteiger partial charge on any atom is -0.493 e. The monoisotopic (exact) mass is 438 g/mol. The fourth-order valence-electron chi connectivity index (χ4n) is 2.99. The first kappa shape index (κ1) is 20.7. The number of thiocarbonyl (C=S) groups is 1. The average Bonchev–Trinajstić information content (AvgIpc) is 3.19. The molecule has 0 bridgehead atoms. The molecule has 0 atom stereocenters. The Bertz CT molecular complexity index is 865. The molecule has 1 aliphatic heterocycles. The van der Waals surface area contributed by atoms with Crippen molar-refractivity contribution in [1.29, 1.82) is 0 Å². The molecule has 2 aromatic rings. The number of hydrogen-bond donors (Lipinski definition) is 1. The van der Waals surface area contributed by atoms with Gasteiger partial charge >= 0.3 is 0 Å². The van der Waals surface area contributed by atoms with E-state index < -0.39 is 0 Å². The summed E-state index contributed by atoms with van der Waals surface area (Å²) in [4.78, 5) is 15.2. The molecule has 1 saturated heterocycles. The molecule has 28 heavy (non-hydrogen) atoms. The number of hydrogen-bond acceptors (Lipinski definition) is 4. The van der Waals surface area contributed by atoms with Crippen molar-refractivity contribution in [3.63, 3.8) is 0 Å². The molecule has 5 nitrogen and oxygen atoms in total. The number of carbonyl (C=O) groups excluding carboxylic acids is 1. The maximum absolute atomic E-state index is 12.2. The fraction of sp³-hybridized carbons (Fsp3) is 0.300. The van der Waals surface area contributed by atoms with Gasteiger partial charge in [-0.1, -0.05) is 35.4 Å². The summed E-state index contributed by atoms with van der Waals surface area (Å²) in [5.74, 6) is 0.657. The Kier molecular flexibility index (Phi) is 6.99. The lowest BCUT2D eigenvalue weighted by Crippen LogP contribution is -2.26. The summed E-state index contributed by atoms with van der Waals surface area (Å²) >= 11 is 17.4. The quantitative estimate of drug-likeness (QED) is 0.656. The molecule has 1 amide bonds. The van der Waals surface area contributed by atoms with Crippen LogP contribution in [0, 0.1) is 0 Å². The number of benzene rings is 2. The minimum atomic E-state index is -0.336. The van der Waals surface area contributed by atoms with E-state index in [0.717, 1.165) is 36.5 Å². The van der Waals surface area contributed by atoms with Crippen LogP contribution in [-0.2, 0) is 4.79 Å². The molecule has 1 aliphatic rings. The maximum atomic E-state index is 12.2. The van der Waals surface area contributed by atoms with Crippen LogP contribution in [0.1, 0.15) is 18.4 Å². The second kappa shape index (κ2) is 9.45. The Balaban J connectivity index is 1.63. The predicted octanol–water partition coefficient (Wildman–Crippen LogP) is 4.79. The van der Waals surface area contributed by atoms with E-state index in [0.29, 0.717) is 27.2 Å². The standard InChI is InChI=1S/C20H20Cl2N2O3S/c1-26-18-8-13(20(28)24-6-2-3-7-24)4-5-17(18)27-12-19(25)23-16-10-14(21)9-15(22)11-16/h4-5,8-11H,2-3,6-7,12H2,1H3,(H,23,25). The molecular formula is C20H20Cl2N2O3S. The second-order valence-corrected chi connectivity index (χ2v) is 7.62. The van der Waals surface area contributed by atoms with E-state index in [-0.39, 0.29) is 12.5 Å². The summed E-state index contributed by atoms with van der Waals surface area (Å²) in [7, 11) is 1.55. The first-order chi connectivity index (χ1) is 13.5. The van der Waals surface area contributed by atoms with Crippen LogP contribution in [0.15, 0.2) is 36.4 Å². The van der Waals surface area contributed by atoms with Crippen LogP contribution in [0.5, 0.6) is 11.5 Å². The zero-order valence-electron chi connectivity index (χ0n) is 15.3. The molecule has 0 saturated carbocycles. The molecular weight excluding hydrogens is 419 g/mol. The van der Waals surface area contributed by atoms with E-state index in [9.17, 15) is 4.79 Å². The van der Waals surface area contributed by atoms with Crippen molar-refractivity contribution < 1.29 is 14.3 Å². The van der Waals surface area contributed by atoms with Crippen LogP contribution in [0.2, 0.25) is 10.0 Å². The third kappa shape index (κ3) is 5.28. The molecule has 1 heterocycles. The minimum absolute atomic E-state index is 0.184. The van der Waals surface area contributed by atoms with Gasteiger partial charge in [0.2, 0.25) is 0 Å². The highest BCUT2D eigenvalue weighted by atomic mass is 35.5. The summed E-state index contributed by atoms with van der Waals surface area (Å²) in [5.41, 5.74) is 1.41. The van der Waals surface area contributed by atoms with Crippen molar-refractivity contribution in [2.75, 3.05) is 32.1 Å². The van der Waals surface area contributed by atoms with Crippen LogP contribution in [0.4, 0.5) is 5.69 Å². The number of nitrogens with zero attached hydrogens (tertiary/aromatic N) is 1. The molecule has 8 heteroatoms. The van der Waals surface area contributed by atoms with E-state index in [2.05, 4.69) is 10.2 Å². The molecule has 0 aliphatic carbocycles. The van der Waals surface area contributed by atoms with Gasteiger partial charge in [0, 0.05) is 34.4 Å². The lowest BCUT2D eigenvalue weighted by atomic mass is 10.2. The van der Waals surface area contributed by atoms with E-state index in [4.69, 9.17) is 44.9 Å². The number of ether oxygens (including phenoxy) is 2. The number of nitrogens with one attached hydrogen (secondary N) is 1. The van der Waals surface area contributed by atoms with Gasteiger partial charge in [-0.3, -0.25) is 4.79 Å². The Morgan fingerprint density at radius 3 is 2.43 bits per heavy atom. The van der Waals surface area contributed by atoms with E-state index in [1.54, 1.807) is 31.4 Å². The normalized spacial score (nSPS) is 13.3. The van der Waals surface area contributed by atoms with E-state index in [1.165, 1.54) is 0 Å². The Morgan fingerprint density at radius 1 is 1.11 bits per heavy atom. The molecule has 148 valence electrons. The highest BCUT2D eigenvalue weighted by Crippen LogP contribution is 2.29. The summed E-state index contributed by atoms with van der Waals surface area (Å²) < 4.78 is 11.0. The highest BCUT2D eigenvalue weighted by molar-refractivity contribution is 7.80. The molecule has 0 unspecified atom stereocenters. The average molecular weight is 439 g/mol. The van der Waals surface area contributed by atoms with E-state index >= 15 is 0 Å². The number of carbonyl (C=O) groups is 1. The van der Waals surface area contributed by atoms with E-state index in [1.807, 2.05) is 12.1 Å². The van der Waals surface area contributed by atoms with Gasteiger partial charge in [0.05, 0.1) is 7.11 Å². The third-order valence-corrected chi connectivity index (χ3v) is 5.24. The van der Waals surface area contributed by atoms with Crippen LogP contribution in [-0.4, -0.2) is 42.6 Å². The van der Waals surface area contributed by atoms with Gasteiger partial charge < -0.3 is 19.7 Å². The molecule has 1 fully saturated rings. The van der Waals surface area contributed by atoms with Crippen molar-refractivity contribution in [1.82, 2.24) is 4.90 Å². The van der Waals surface area contributed by atoms with Gasteiger partial charge in [-0.2, -0.15) is 0 Å². The van der Waals surface area contributed by atoms with Crippen molar-refractivity contribution in [3.8, 4) is 11.5 Å².